The first-order valence-corrected chi connectivity index (χ1v) is 20.8. The number of hydrogen-bond donors (Lipinski definition) is 4. The number of carboxylic acids is 1. The van der Waals surface area contributed by atoms with Gasteiger partial charge in [-0.1, -0.05) is 19.9 Å². The van der Waals surface area contributed by atoms with Gasteiger partial charge in [0, 0.05) is 88.3 Å². The Kier molecular flexibility index (Phi) is 12.7. The van der Waals surface area contributed by atoms with Crippen molar-refractivity contribution in [2.45, 2.75) is 63.2 Å². The van der Waals surface area contributed by atoms with Gasteiger partial charge in [0.05, 0.1) is 18.0 Å². The molecule has 4 atom stereocenters. The Balaban J connectivity index is 0.000000144. The van der Waals surface area contributed by atoms with Crippen LogP contribution in [-0.4, -0.2) is 124 Å². The predicted octanol–water partition coefficient (Wildman–Crippen LogP) is 3.00. The largest absolute Gasteiger partial charge is 0.478 e. The Morgan fingerprint density at radius 2 is 1.31 bits per heavy atom. The molecule has 4 unspecified atom stereocenters. The lowest BCUT2D eigenvalue weighted by Gasteiger charge is -2.21. The number of aromatic nitrogens is 10. The number of hydrogen-bond acceptors (Lipinski definition) is 13. The van der Waals surface area contributed by atoms with E-state index in [0.29, 0.717) is 60.7 Å². The number of aromatic carboxylic acids is 1. The Labute approximate surface area is 350 Å². The van der Waals surface area contributed by atoms with Crippen molar-refractivity contribution in [2.75, 3.05) is 52.6 Å². The molecule has 320 valence electrons. The van der Waals surface area contributed by atoms with Crippen molar-refractivity contribution >= 4 is 22.9 Å². The van der Waals surface area contributed by atoms with Gasteiger partial charge in [0.2, 0.25) is 0 Å². The number of pyridine rings is 2. The molecule has 10 heterocycles. The van der Waals surface area contributed by atoms with Gasteiger partial charge in [-0.05, 0) is 68.3 Å². The number of carbonyl (C=O) groups is 2. The third kappa shape index (κ3) is 9.13. The van der Waals surface area contributed by atoms with Gasteiger partial charge in [0.1, 0.15) is 29.0 Å². The Bertz CT molecular complexity index is 2560. The summed E-state index contributed by atoms with van der Waals surface area (Å²) in [5, 5.41) is 21.2. The average molecular weight is 835 g/mol. The number of nitrogens with one attached hydrogen (secondary N) is 3. The molecule has 4 aliphatic heterocycles. The van der Waals surface area contributed by atoms with Gasteiger partial charge >= 0.3 is 5.97 Å². The molecule has 0 saturated carbocycles. The van der Waals surface area contributed by atoms with Crippen molar-refractivity contribution in [3.8, 4) is 0 Å². The summed E-state index contributed by atoms with van der Waals surface area (Å²) in [6, 6.07) is 8.40. The van der Waals surface area contributed by atoms with E-state index < -0.39 is 5.97 Å². The highest BCUT2D eigenvalue weighted by Crippen LogP contribution is 2.32. The van der Waals surface area contributed by atoms with Crippen molar-refractivity contribution in [2.24, 2.45) is 11.8 Å². The van der Waals surface area contributed by atoms with E-state index in [4.69, 9.17) is 24.8 Å². The van der Waals surface area contributed by atoms with E-state index >= 15 is 0 Å². The minimum absolute atomic E-state index is 0.0558. The van der Waals surface area contributed by atoms with Crippen LogP contribution < -0.4 is 16.4 Å². The van der Waals surface area contributed by atoms with E-state index in [1.165, 1.54) is 18.5 Å². The molecule has 6 aromatic rings. The van der Waals surface area contributed by atoms with E-state index in [1.54, 1.807) is 56.8 Å². The van der Waals surface area contributed by atoms with Crippen LogP contribution in [0.2, 0.25) is 0 Å². The summed E-state index contributed by atoms with van der Waals surface area (Å²) >= 11 is 0. The third-order valence-electron chi connectivity index (χ3n) is 12.0. The first kappa shape index (κ1) is 41.5. The van der Waals surface area contributed by atoms with Crippen LogP contribution in [0.15, 0.2) is 70.9 Å². The molecule has 4 aliphatic rings. The molecule has 4 fully saturated rings. The second-order valence-corrected chi connectivity index (χ2v) is 16.1. The molecule has 10 rings (SSSR count). The van der Waals surface area contributed by atoms with Crippen LogP contribution in [0, 0.1) is 11.8 Å². The number of H-pyrrole nitrogens is 2. The first-order valence-electron chi connectivity index (χ1n) is 20.8. The quantitative estimate of drug-likeness (QED) is 0.189. The average Bonchev–Trinajstić information content (AvgIpc) is 4.11. The van der Waals surface area contributed by atoms with Gasteiger partial charge < -0.3 is 34.8 Å². The third-order valence-corrected chi connectivity index (χ3v) is 12.0. The summed E-state index contributed by atoms with van der Waals surface area (Å²) in [4.78, 5) is 72.5. The SMILES string of the molecule is CC1CN(C(=O)c2ccccn2)CC1c1nn2c(C3CCOCC3)ncc2c(=O)[nH]1.CC1CNCC1c1nn2c(C3CCOCC3)ncc2c(=O)[nH]1.O=C(O)c1cccnc1. The zero-order chi connectivity index (χ0) is 42.5. The van der Waals surface area contributed by atoms with Crippen LogP contribution in [0.4, 0.5) is 0 Å². The zero-order valence-corrected chi connectivity index (χ0v) is 34.1. The monoisotopic (exact) mass is 834 g/mol. The number of aromatic amines is 2. The summed E-state index contributed by atoms with van der Waals surface area (Å²) in [6.07, 6.45) is 11.3. The van der Waals surface area contributed by atoms with Crippen LogP contribution in [0.25, 0.3) is 11.0 Å². The molecule has 4 saturated heterocycles. The fourth-order valence-corrected chi connectivity index (χ4v) is 8.47. The van der Waals surface area contributed by atoms with E-state index in [9.17, 15) is 19.2 Å². The summed E-state index contributed by atoms with van der Waals surface area (Å²) < 4.78 is 14.3. The predicted molar refractivity (Wildman–Crippen MR) is 221 cm³/mol. The molecule has 19 nitrogen and oxygen atoms in total. The molecule has 6 aromatic heterocycles. The lowest BCUT2D eigenvalue weighted by Crippen LogP contribution is -2.30. The fourth-order valence-electron chi connectivity index (χ4n) is 8.47. The highest BCUT2D eigenvalue weighted by molar-refractivity contribution is 5.92. The Morgan fingerprint density at radius 3 is 1.80 bits per heavy atom. The maximum Gasteiger partial charge on any atom is 0.337 e. The number of carboxylic acid groups (broad SMARTS) is 1. The van der Waals surface area contributed by atoms with Crippen molar-refractivity contribution < 1.29 is 24.2 Å². The summed E-state index contributed by atoms with van der Waals surface area (Å²) in [5.74, 6) is 3.40. The van der Waals surface area contributed by atoms with Crippen molar-refractivity contribution in [1.29, 1.82) is 0 Å². The van der Waals surface area contributed by atoms with Crippen molar-refractivity contribution in [3.63, 3.8) is 0 Å². The number of imidazole rings is 2. The normalized spacial score (nSPS) is 22.1. The van der Waals surface area contributed by atoms with Gasteiger partial charge in [-0.25, -0.2) is 23.8 Å². The number of rotatable bonds is 6. The van der Waals surface area contributed by atoms with Crippen LogP contribution in [0.5, 0.6) is 0 Å². The molecular formula is C42H50N12O7. The minimum atomic E-state index is -0.942. The lowest BCUT2D eigenvalue weighted by molar-refractivity contribution is 0.0695. The van der Waals surface area contributed by atoms with Crippen LogP contribution in [-0.2, 0) is 9.47 Å². The Hall–Kier alpha value is -6.18. The molecule has 1 amide bonds. The summed E-state index contributed by atoms with van der Waals surface area (Å²) in [7, 11) is 0. The van der Waals surface area contributed by atoms with E-state index in [1.807, 2.05) is 0 Å². The molecule has 4 N–H and O–H groups in total. The van der Waals surface area contributed by atoms with Crippen molar-refractivity contribution in [1.82, 2.24) is 59.3 Å². The highest BCUT2D eigenvalue weighted by Gasteiger charge is 2.37. The number of nitrogens with zero attached hydrogens (tertiary/aromatic N) is 9. The molecule has 0 aromatic carbocycles. The molecule has 0 bridgehead atoms. The maximum absolute atomic E-state index is 12.8. The number of fused-ring (bicyclic) bond motifs is 2. The van der Waals surface area contributed by atoms with Gasteiger partial charge in [-0.15, -0.1) is 0 Å². The number of likely N-dealkylation sites (tertiary alicyclic amines) is 1. The second-order valence-electron chi connectivity index (χ2n) is 16.1. The number of carbonyl (C=O) groups excluding carboxylic acids is 1. The number of amides is 1. The van der Waals surface area contributed by atoms with Gasteiger partial charge in [-0.2, -0.15) is 10.2 Å². The topological polar surface area (TPSA) is 240 Å². The van der Waals surface area contributed by atoms with Gasteiger partial charge in [0.15, 0.2) is 11.0 Å². The van der Waals surface area contributed by atoms with E-state index in [2.05, 4.69) is 49.1 Å². The first-order chi connectivity index (χ1) is 29.7. The van der Waals surface area contributed by atoms with Crippen LogP contribution >= 0.6 is 0 Å². The molecule has 0 spiro atoms. The number of ether oxygens (including phenoxy) is 2. The Morgan fingerprint density at radius 1 is 0.705 bits per heavy atom. The van der Waals surface area contributed by atoms with E-state index in [0.717, 1.165) is 69.5 Å². The fraction of sp³-hybridized carbons (Fsp3) is 0.476. The standard InChI is InChI=1S/C21H24N6O3.C15H21N5O2.C6H5NO2/c1-13-11-26(21(29)16-4-2-3-7-22-16)12-15(13)18-24-20(28)17-10-23-19(27(17)25-18)14-5-8-30-9-6-14;1-9-6-16-7-11(9)13-18-15(21)12-8-17-14(20(12)19-13)10-2-4-22-5-3-10;8-6(9)5-2-1-3-7-4-5/h2-4,7,10,13-15H,5-6,8-9,11-12H2,1H3,(H,24,25,28);8-11,16H,2-7H2,1H3,(H,18,19,21);1-4H,(H,8,9). The smallest absolute Gasteiger partial charge is 0.337 e. The van der Waals surface area contributed by atoms with Gasteiger partial charge in [0.25, 0.3) is 17.0 Å². The molecule has 19 heteroatoms. The maximum atomic E-state index is 12.8. The van der Waals surface area contributed by atoms with Crippen LogP contribution in [0.3, 0.4) is 0 Å². The molecule has 0 radical (unpaired) electrons. The zero-order valence-electron chi connectivity index (χ0n) is 34.1. The lowest BCUT2D eigenvalue weighted by atomic mass is 9.97. The molecular weight excluding hydrogens is 785 g/mol. The van der Waals surface area contributed by atoms with Crippen molar-refractivity contribution in [3.05, 3.63) is 117 Å². The summed E-state index contributed by atoms with van der Waals surface area (Å²) in [5.41, 5.74) is 1.33. The summed E-state index contributed by atoms with van der Waals surface area (Å²) in [6.45, 7) is 10.1. The van der Waals surface area contributed by atoms with E-state index in [-0.39, 0.29) is 46.3 Å². The van der Waals surface area contributed by atoms with Gasteiger partial charge in [-0.3, -0.25) is 24.4 Å². The molecule has 61 heavy (non-hydrogen) atoms. The second kappa shape index (κ2) is 18.6. The van der Waals surface area contributed by atoms with Crippen LogP contribution in [0.1, 0.15) is 107 Å². The highest BCUT2D eigenvalue weighted by atomic mass is 16.5. The molecule has 0 aliphatic carbocycles. The minimum Gasteiger partial charge on any atom is -0.478 e.